The van der Waals surface area contributed by atoms with E-state index in [1.165, 1.54) is 97.2 Å². The lowest BCUT2D eigenvalue weighted by atomic mass is 9.91. The molecule has 0 saturated carbocycles. The molecule has 0 aromatic heterocycles. The van der Waals surface area contributed by atoms with Gasteiger partial charge in [0.25, 0.3) is 20.7 Å². The molecule has 0 spiro atoms. The number of hydrazone groups is 1. The summed E-state index contributed by atoms with van der Waals surface area (Å²) in [6.45, 7) is 0. The first kappa shape index (κ1) is 46.0. The number of fused-ring (bicyclic) bond motifs is 1. The molecule has 0 atom stereocenters. The fourth-order valence-corrected chi connectivity index (χ4v) is 7.47. The van der Waals surface area contributed by atoms with Crippen LogP contribution in [-0.4, -0.2) is 88.4 Å². The van der Waals surface area contributed by atoms with E-state index in [2.05, 4.69) is 41.2 Å². The van der Waals surface area contributed by atoms with Crippen LogP contribution in [0.3, 0.4) is 0 Å². The van der Waals surface area contributed by atoms with Gasteiger partial charge in [0.1, 0.15) is 16.3 Å². The Hall–Kier alpha value is -8.01. The van der Waals surface area contributed by atoms with Crippen molar-refractivity contribution in [1.82, 2.24) is 5.32 Å². The zero-order valence-corrected chi connectivity index (χ0v) is 35.2. The Kier molecular flexibility index (Phi) is 13.0. The van der Waals surface area contributed by atoms with Gasteiger partial charge in [-0.05, 0) is 101 Å². The van der Waals surface area contributed by atoms with Crippen LogP contribution in [0.1, 0.15) is 0 Å². The first-order chi connectivity index (χ1) is 31.2. The number of nitrogens with zero attached hydrogens (tertiary/aromatic N) is 8. The largest absolute Gasteiger partial charge is 0.505 e. The van der Waals surface area contributed by atoms with Crippen molar-refractivity contribution in [1.29, 1.82) is 0 Å². The van der Waals surface area contributed by atoms with Gasteiger partial charge in [0, 0.05) is 47.3 Å². The summed E-state index contributed by atoms with van der Waals surface area (Å²) in [7, 11) is -9.56. The molecule has 334 valence electrons. The number of aliphatic hydroxyl groups excluding tert-OH is 1. The molecule has 5 aliphatic rings. The number of carbonyl (C=O) groups is 2. The van der Waals surface area contributed by atoms with Crippen LogP contribution in [0.15, 0.2) is 190 Å². The Balaban J connectivity index is 0.981. The molecule has 0 amide bonds. The summed E-state index contributed by atoms with van der Waals surface area (Å²) < 4.78 is 65.8. The van der Waals surface area contributed by atoms with Crippen LogP contribution in [0.2, 0.25) is 5.02 Å². The standard InChI is InChI=1S/C40H27ClN10O13S2/c41-30-19-27(50(55)56)8-13-31(30)46-49-39-38(66(62,63)64)16-21-15-26(5-10-29(21)40(39)54)45-48-33-12-7-25(18-36(33)53)42-24-6-11-32(35(52)17-24)47-44-23-3-1-22(2-4-23)43-34-14-9-28(51(57)58)20-37(34)65(59,60)61/h1-20,55-56H,(H5-,42,45,46,52,53,54,59,60,61,62,63,64)/p+1. The van der Waals surface area contributed by atoms with Gasteiger partial charge in [-0.15, -0.1) is 15.4 Å². The Morgan fingerprint density at radius 3 is 1.92 bits per heavy atom. The van der Waals surface area contributed by atoms with Crippen LogP contribution in [0.25, 0.3) is 0 Å². The third-order valence-electron chi connectivity index (χ3n) is 9.08. The lowest BCUT2D eigenvalue weighted by Crippen LogP contribution is -2.25. The average Bonchev–Trinajstić information content (AvgIpc) is 3.25. The molecule has 0 aliphatic heterocycles. The van der Waals surface area contributed by atoms with E-state index in [1.807, 2.05) is 0 Å². The number of hydrogen-bond donors (Lipinski definition) is 8. The molecule has 0 radical (unpaired) electrons. The summed E-state index contributed by atoms with van der Waals surface area (Å²) in [6, 6.07) is 6.53. The minimum Gasteiger partial charge on any atom is -0.505 e. The summed E-state index contributed by atoms with van der Waals surface area (Å²) in [5.74, 6) is -1.68. The quantitative estimate of drug-likeness (QED) is 0.0338. The number of ketones is 2. The maximum atomic E-state index is 13.0. The number of rotatable bonds is 11. The first-order valence-electron chi connectivity index (χ1n) is 18.3. The van der Waals surface area contributed by atoms with E-state index >= 15 is 0 Å². The molecular weight excluding hydrogens is 928 g/mol. The molecule has 66 heavy (non-hydrogen) atoms. The van der Waals surface area contributed by atoms with Gasteiger partial charge in [-0.25, -0.2) is 4.99 Å². The van der Waals surface area contributed by atoms with Crippen molar-refractivity contribution >= 4 is 101 Å². The molecule has 7 rings (SSSR count). The normalized spacial score (nSPS) is 19.5. The Morgan fingerprint density at radius 1 is 0.758 bits per heavy atom. The van der Waals surface area contributed by atoms with E-state index in [1.54, 1.807) is 0 Å². The summed E-state index contributed by atoms with van der Waals surface area (Å²) >= 11 is 6.14. The molecule has 0 bridgehead atoms. The zero-order valence-electron chi connectivity index (χ0n) is 32.9. The predicted molar refractivity (Wildman–Crippen MR) is 242 cm³/mol. The van der Waals surface area contributed by atoms with Crippen LogP contribution in [0.4, 0.5) is 22.7 Å². The molecule has 5 aliphatic carbocycles. The molecule has 23 nitrogen and oxygen atoms in total. The molecule has 8 N–H and O–H groups in total. The van der Waals surface area contributed by atoms with E-state index < -0.39 is 64.1 Å². The number of nitro groups is 1. The second-order valence-corrected chi connectivity index (χ2v) is 16.8. The number of anilines is 2. The van der Waals surface area contributed by atoms with Crippen molar-refractivity contribution < 1.29 is 56.3 Å². The number of benzene rings is 2. The van der Waals surface area contributed by atoms with Crippen LogP contribution < -0.4 is 16.0 Å². The number of hydrogen-bond acceptors (Lipinski definition) is 19. The number of aliphatic imine (C=N–C) groups is 1. The van der Waals surface area contributed by atoms with Crippen molar-refractivity contribution in [3.8, 4) is 0 Å². The highest BCUT2D eigenvalue weighted by atomic mass is 35.5. The Bertz CT molecular complexity index is 3210. The van der Waals surface area contributed by atoms with Crippen molar-refractivity contribution in [3.05, 3.63) is 170 Å². The van der Waals surface area contributed by atoms with Gasteiger partial charge in [-0.1, -0.05) is 11.6 Å². The highest BCUT2D eigenvalue weighted by Gasteiger charge is 2.41. The van der Waals surface area contributed by atoms with Gasteiger partial charge in [0.2, 0.25) is 11.6 Å². The van der Waals surface area contributed by atoms with E-state index in [4.69, 9.17) is 11.6 Å². The van der Waals surface area contributed by atoms with Gasteiger partial charge in [0.05, 0.1) is 44.1 Å². The molecule has 0 saturated heterocycles. The second kappa shape index (κ2) is 18.6. The lowest BCUT2D eigenvalue weighted by molar-refractivity contribution is -0.385. The fraction of sp³-hybridized carbons (Fsp3) is 0. The van der Waals surface area contributed by atoms with E-state index in [-0.39, 0.29) is 67.0 Å². The topological polar surface area (TPSA) is 351 Å². The third kappa shape index (κ3) is 10.7. The maximum Gasteiger partial charge on any atom is 0.388 e. The number of nitro benzene ring substituents is 1. The fourth-order valence-electron chi connectivity index (χ4n) is 5.93. The number of non-ortho nitro benzene ring substituents is 1. The van der Waals surface area contributed by atoms with Gasteiger partial charge < -0.3 is 10.4 Å². The molecule has 0 unspecified atom stereocenters. The second-order valence-electron chi connectivity index (χ2n) is 13.6. The zero-order chi connectivity index (χ0) is 47.5. The summed E-state index contributed by atoms with van der Waals surface area (Å²) in [5, 5.41) is 63.3. The van der Waals surface area contributed by atoms with Crippen molar-refractivity contribution in [2.24, 2.45) is 30.5 Å². The van der Waals surface area contributed by atoms with E-state index in [0.717, 1.165) is 18.2 Å². The van der Waals surface area contributed by atoms with E-state index in [0.29, 0.717) is 17.5 Å². The predicted octanol–water partition coefficient (Wildman–Crippen LogP) is 5.63. The van der Waals surface area contributed by atoms with Gasteiger partial charge in [0.15, 0.2) is 11.5 Å². The van der Waals surface area contributed by atoms with Crippen LogP contribution >= 0.6 is 11.6 Å². The lowest BCUT2D eigenvalue weighted by Gasteiger charge is -2.19. The molecule has 0 heterocycles. The third-order valence-corrected chi connectivity index (χ3v) is 11.2. The molecule has 26 heteroatoms. The number of nitrogens with one attached hydrogen (secondary N) is 2. The summed E-state index contributed by atoms with van der Waals surface area (Å²) in [6.07, 6.45) is 19.3. The molecular formula is C40H28ClN10O13S2+. The average molecular weight is 956 g/mol. The molecule has 2 aromatic carbocycles. The SMILES string of the molecule is O=C1C=C(NC2=CC(=O)C(=NN=C3C=CC4=C(O)C(=NNc5ccc(N(O)O)cc5Cl)C([S+](=O)(O)O)=CC4=C3)C=C2)C=CC1=NN=C1C=CC(=Nc2ccc([N+](=O)[O-])cc2S(=O)(=O)O)C=C1. The molecule has 2 aromatic rings. The van der Waals surface area contributed by atoms with E-state index in [9.17, 15) is 61.5 Å². The Morgan fingerprint density at radius 2 is 1.36 bits per heavy atom. The first-order valence-corrected chi connectivity index (χ1v) is 21.6. The van der Waals surface area contributed by atoms with Crippen LogP contribution in [-0.2, 0) is 34.4 Å². The number of allylic oxidation sites excluding steroid dienone is 17. The number of halogens is 1. The highest BCUT2D eigenvalue weighted by molar-refractivity contribution is 7.97. The minimum absolute atomic E-state index is 0.0272. The minimum atomic E-state index is -4.84. The van der Waals surface area contributed by atoms with Crippen molar-refractivity contribution in [2.75, 3.05) is 10.7 Å². The number of carbonyl (C=O) groups excluding carboxylic acids is 2. The highest BCUT2D eigenvalue weighted by Crippen LogP contribution is 2.34. The van der Waals surface area contributed by atoms with Crippen molar-refractivity contribution in [3.63, 3.8) is 0 Å². The van der Waals surface area contributed by atoms with Crippen LogP contribution in [0, 0.1) is 10.1 Å². The van der Waals surface area contributed by atoms with Gasteiger partial charge >= 0.3 is 10.5 Å². The van der Waals surface area contributed by atoms with Crippen LogP contribution in [0.5, 0.6) is 0 Å². The number of aliphatic hydroxyl groups is 1. The monoisotopic (exact) mass is 955 g/mol. The molecule has 0 fully saturated rings. The Labute approximate surface area is 376 Å². The van der Waals surface area contributed by atoms with Crippen molar-refractivity contribution in [2.45, 2.75) is 4.90 Å². The maximum absolute atomic E-state index is 13.0. The van der Waals surface area contributed by atoms with Gasteiger partial charge in [-0.2, -0.15) is 32.8 Å². The van der Waals surface area contributed by atoms with Gasteiger partial charge in [-0.3, -0.25) is 40.1 Å². The summed E-state index contributed by atoms with van der Waals surface area (Å²) in [4.78, 5) is 38.8. The smallest absolute Gasteiger partial charge is 0.388 e. The summed E-state index contributed by atoms with van der Waals surface area (Å²) in [5.41, 5.74) is 2.66.